The summed E-state index contributed by atoms with van der Waals surface area (Å²) in [6.07, 6.45) is 2.77. The monoisotopic (exact) mass is 382 g/mol. The van der Waals surface area contributed by atoms with E-state index >= 15 is 0 Å². The molecule has 148 valence electrons. The molecule has 3 atom stereocenters. The number of amides is 1. The van der Waals surface area contributed by atoms with Crippen LogP contribution < -0.4 is 5.32 Å². The highest BCUT2D eigenvalue weighted by atomic mass is 19.1. The maximum atomic E-state index is 13.8. The molecular formula is C23H27FN2O2. The van der Waals surface area contributed by atoms with Crippen LogP contribution in [0.5, 0.6) is 0 Å². The molecule has 4 nitrogen and oxygen atoms in total. The number of carbonyl (C=O) groups excluding carboxylic acids is 1. The Morgan fingerprint density at radius 1 is 1.25 bits per heavy atom. The number of aliphatic hydroxyl groups is 1. The van der Waals surface area contributed by atoms with E-state index < -0.39 is 5.60 Å². The first-order valence-corrected chi connectivity index (χ1v) is 10.0. The lowest BCUT2D eigenvalue weighted by Gasteiger charge is -2.41. The third-order valence-electron chi connectivity index (χ3n) is 6.27. The second-order valence-electron chi connectivity index (χ2n) is 8.27. The van der Waals surface area contributed by atoms with Crippen LogP contribution in [0.1, 0.15) is 37.3 Å². The van der Waals surface area contributed by atoms with Crippen molar-refractivity contribution in [1.82, 2.24) is 4.90 Å². The van der Waals surface area contributed by atoms with E-state index in [-0.39, 0.29) is 17.6 Å². The summed E-state index contributed by atoms with van der Waals surface area (Å²) in [5.41, 5.74) is 1.74. The minimum Gasteiger partial charge on any atom is -0.385 e. The van der Waals surface area contributed by atoms with Gasteiger partial charge in [0.25, 0.3) is 0 Å². The quantitative estimate of drug-likeness (QED) is 0.843. The number of likely N-dealkylation sites (tertiary alicyclic amines) is 1. The predicted octanol–water partition coefficient (Wildman–Crippen LogP) is 3.90. The van der Waals surface area contributed by atoms with Crippen molar-refractivity contribution in [3.8, 4) is 0 Å². The van der Waals surface area contributed by atoms with E-state index in [2.05, 4.69) is 10.2 Å². The van der Waals surface area contributed by atoms with Gasteiger partial charge in [-0.2, -0.15) is 0 Å². The molecule has 2 aliphatic rings. The fraction of sp³-hybridized carbons (Fsp3) is 0.435. The van der Waals surface area contributed by atoms with E-state index in [1.165, 1.54) is 24.6 Å². The number of hydrogen-bond donors (Lipinski definition) is 2. The normalized spacial score (nSPS) is 27.4. The van der Waals surface area contributed by atoms with Crippen molar-refractivity contribution >= 4 is 11.6 Å². The third kappa shape index (κ3) is 3.82. The molecule has 1 aliphatic carbocycles. The molecule has 0 bridgehead atoms. The zero-order valence-electron chi connectivity index (χ0n) is 16.2. The minimum absolute atomic E-state index is 0.0759. The van der Waals surface area contributed by atoms with Crippen molar-refractivity contribution in [2.75, 3.05) is 18.4 Å². The fourth-order valence-corrected chi connectivity index (χ4v) is 5.01. The van der Waals surface area contributed by atoms with E-state index in [0.29, 0.717) is 17.9 Å². The SMILES string of the molecule is CC(=O)Nc1ccc(CN2CC3CCCC(O)(c4cccc(F)c4)C3C2)cc1. The van der Waals surface area contributed by atoms with Gasteiger partial charge in [-0.1, -0.05) is 24.3 Å². The molecular weight excluding hydrogens is 355 g/mol. The van der Waals surface area contributed by atoms with Crippen LogP contribution in [0.4, 0.5) is 10.1 Å². The Bertz CT molecular complexity index is 854. The number of benzene rings is 2. The van der Waals surface area contributed by atoms with Gasteiger partial charge in [-0.25, -0.2) is 4.39 Å². The Balaban J connectivity index is 1.48. The Labute approximate surface area is 165 Å². The van der Waals surface area contributed by atoms with E-state index in [0.717, 1.165) is 38.2 Å². The standard InChI is InChI=1S/C23H27FN2O2/c1-16(27)25-21-9-7-17(8-10-21)13-26-14-18-4-3-11-23(28,22(18)15-26)19-5-2-6-20(24)12-19/h2,5-10,12,18,22,28H,3-4,11,13-15H2,1H3,(H,25,27). The zero-order valence-corrected chi connectivity index (χ0v) is 16.2. The molecule has 0 spiro atoms. The molecule has 28 heavy (non-hydrogen) atoms. The van der Waals surface area contributed by atoms with Crippen LogP contribution >= 0.6 is 0 Å². The van der Waals surface area contributed by atoms with Crippen LogP contribution in [-0.4, -0.2) is 29.0 Å². The van der Waals surface area contributed by atoms with Crippen molar-refractivity contribution < 1.29 is 14.3 Å². The van der Waals surface area contributed by atoms with Crippen molar-refractivity contribution in [3.05, 3.63) is 65.5 Å². The second-order valence-corrected chi connectivity index (χ2v) is 8.27. The highest BCUT2D eigenvalue weighted by Gasteiger charge is 2.49. The maximum absolute atomic E-state index is 13.8. The topological polar surface area (TPSA) is 52.6 Å². The smallest absolute Gasteiger partial charge is 0.221 e. The number of anilines is 1. The number of nitrogens with one attached hydrogen (secondary N) is 1. The Kier molecular flexibility index (Phi) is 5.21. The summed E-state index contributed by atoms with van der Waals surface area (Å²) < 4.78 is 13.8. The number of rotatable bonds is 4. The predicted molar refractivity (Wildman–Crippen MR) is 107 cm³/mol. The van der Waals surface area contributed by atoms with Crippen LogP contribution in [0.2, 0.25) is 0 Å². The first kappa shape index (κ1) is 19.1. The van der Waals surface area contributed by atoms with E-state index in [9.17, 15) is 14.3 Å². The van der Waals surface area contributed by atoms with Gasteiger partial charge in [0.05, 0.1) is 5.60 Å². The molecule has 1 saturated heterocycles. The number of halogens is 1. The maximum Gasteiger partial charge on any atom is 0.221 e. The fourth-order valence-electron chi connectivity index (χ4n) is 5.01. The summed E-state index contributed by atoms with van der Waals surface area (Å²) >= 11 is 0. The Hall–Kier alpha value is -2.24. The summed E-state index contributed by atoms with van der Waals surface area (Å²) in [6.45, 7) is 4.08. The van der Waals surface area contributed by atoms with Crippen LogP contribution in [0.25, 0.3) is 0 Å². The highest BCUT2D eigenvalue weighted by molar-refractivity contribution is 5.88. The highest BCUT2D eigenvalue weighted by Crippen LogP contribution is 2.48. The van der Waals surface area contributed by atoms with Crippen LogP contribution in [0.15, 0.2) is 48.5 Å². The molecule has 2 N–H and O–H groups in total. The number of fused-ring (bicyclic) bond motifs is 1. The van der Waals surface area contributed by atoms with E-state index in [1.807, 2.05) is 30.3 Å². The minimum atomic E-state index is -0.949. The summed E-state index contributed by atoms with van der Waals surface area (Å²) in [6, 6.07) is 14.4. The molecule has 1 saturated carbocycles. The molecule has 1 amide bonds. The van der Waals surface area contributed by atoms with Crippen molar-refractivity contribution in [1.29, 1.82) is 0 Å². The summed E-state index contributed by atoms with van der Waals surface area (Å²) in [7, 11) is 0. The van der Waals surface area contributed by atoms with Crippen molar-refractivity contribution in [3.63, 3.8) is 0 Å². The zero-order chi connectivity index (χ0) is 19.7. The van der Waals surface area contributed by atoms with E-state index in [4.69, 9.17) is 0 Å². The van der Waals surface area contributed by atoms with Gasteiger partial charge in [-0.05, 0) is 60.6 Å². The van der Waals surface area contributed by atoms with Crippen LogP contribution in [0.3, 0.4) is 0 Å². The van der Waals surface area contributed by atoms with Gasteiger partial charge in [-0.3, -0.25) is 9.69 Å². The molecule has 5 heteroatoms. The number of carbonyl (C=O) groups is 1. The average Bonchev–Trinajstić information content (AvgIpc) is 3.07. The van der Waals surface area contributed by atoms with Crippen LogP contribution in [-0.2, 0) is 16.9 Å². The first-order chi connectivity index (χ1) is 13.4. The lowest BCUT2D eigenvalue weighted by molar-refractivity contribution is -0.114. The molecule has 4 rings (SSSR count). The van der Waals surface area contributed by atoms with Gasteiger partial charge < -0.3 is 10.4 Å². The lowest BCUT2D eigenvalue weighted by Crippen LogP contribution is -2.42. The summed E-state index contributed by atoms with van der Waals surface area (Å²) in [5, 5.41) is 14.3. The van der Waals surface area contributed by atoms with Gasteiger partial charge in [-0.15, -0.1) is 0 Å². The van der Waals surface area contributed by atoms with Gasteiger partial charge in [0.15, 0.2) is 0 Å². The molecule has 2 aromatic carbocycles. The van der Waals surface area contributed by atoms with Gasteiger partial charge in [0.1, 0.15) is 5.82 Å². The van der Waals surface area contributed by atoms with Gasteiger partial charge >= 0.3 is 0 Å². The molecule has 1 aliphatic heterocycles. The summed E-state index contributed by atoms with van der Waals surface area (Å²) in [4.78, 5) is 13.5. The Morgan fingerprint density at radius 3 is 2.75 bits per heavy atom. The van der Waals surface area contributed by atoms with E-state index in [1.54, 1.807) is 6.07 Å². The van der Waals surface area contributed by atoms with Crippen molar-refractivity contribution in [2.24, 2.45) is 11.8 Å². The summed E-state index contributed by atoms with van der Waals surface area (Å²) in [5.74, 6) is 0.192. The molecule has 3 unspecified atom stereocenters. The molecule has 0 aromatic heterocycles. The number of nitrogens with zero attached hydrogens (tertiary/aromatic N) is 1. The lowest BCUT2D eigenvalue weighted by atomic mass is 9.67. The number of hydrogen-bond acceptors (Lipinski definition) is 3. The molecule has 2 fully saturated rings. The van der Waals surface area contributed by atoms with Crippen LogP contribution in [0, 0.1) is 17.7 Å². The molecule has 1 heterocycles. The molecule has 0 radical (unpaired) electrons. The largest absolute Gasteiger partial charge is 0.385 e. The average molecular weight is 382 g/mol. The van der Waals surface area contributed by atoms with Gasteiger partial charge in [0, 0.05) is 38.2 Å². The molecule has 2 aromatic rings. The Morgan fingerprint density at radius 2 is 2.04 bits per heavy atom. The second kappa shape index (κ2) is 7.64. The third-order valence-corrected chi connectivity index (χ3v) is 6.27. The first-order valence-electron chi connectivity index (χ1n) is 10.0. The van der Waals surface area contributed by atoms with Crippen molar-refractivity contribution in [2.45, 2.75) is 38.3 Å². The van der Waals surface area contributed by atoms with Gasteiger partial charge in [0.2, 0.25) is 5.91 Å².